The van der Waals surface area contributed by atoms with E-state index in [0.29, 0.717) is 10.9 Å². The number of aromatic amines is 1. The number of nitrogens with one attached hydrogen (secondary N) is 1. The first-order valence-corrected chi connectivity index (χ1v) is 12.9. The molecule has 6 rings (SSSR count). The number of H-pyrrole nitrogens is 1. The fraction of sp³-hybridized carbons (Fsp3) is 0.381. The minimum absolute atomic E-state index is 0.0366. The van der Waals surface area contributed by atoms with Crippen LogP contribution in [0.4, 0.5) is 0 Å². The molecule has 0 spiro atoms. The van der Waals surface area contributed by atoms with Gasteiger partial charge in [0.25, 0.3) is 5.56 Å². The van der Waals surface area contributed by atoms with Gasteiger partial charge in [0, 0.05) is 16.5 Å². The molecular formula is C21H21N5O6PS+. The minimum Gasteiger partial charge on any atom is -0.385 e. The molecule has 2 fully saturated rings. The van der Waals surface area contributed by atoms with Crippen molar-refractivity contribution in [2.24, 2.45) is 0 Å². The van der Waals surface area contributed by atoms with E-state index < -0.39 is 32.8 Å². The number of hydrogen-bond donors (Lipinski definition) is 2. The van der Waals surface area contributed by atoms with Gasteiger partial charge in [0.05, 0.1) is 5.69 Å². The smallest absolute Gasteiger partial charge is 0.385 e. The minimum atomic E-state index is -2.32. The van der Waals surface area contributed by atoms with Gasteiger partial charge in [0.15, 0.2) is 28.7 Å². The third-order valence-electron chi connectivity index (χ3n) is 5.86. The quantitative estimate of drug-likeness (QED) is 0.312. The largest absolute Gasteiger partial charge is 0.697 e. The molecule has 11 nitrogen and oxygen atoms in total. The monoisotopic (exact) mass is 502 g/mol. The fourth-order valence-electron chi connectivity index (χ4n) is 4.26. The van der Waals surface area contributed by atoms with Crippen LogP contribution in [0.3, 0.4) is 0 Å². The van der Waals surface area contributed by atoms with Crippen molar-refractivity contribution >= 4 is 37.0 Å². The molecule has 2 saturated heterocycles. The highest BCUT2D eigenvalue weighted by molar-refractivity contribution is 7.99. The van der Waals surface area contributed by atoms with Crippen LogP contribution in [0.5, 0.6) is 0 Å². The molecule has 5 atom stereocenters. The molecule has 0 amide bonds. The molecule has 0 saturated carbocycles. The number of benzene rings is 1. The zero-order valence-corrected chi connectivity index (χ0v) is 19.7. The Balaban J connectivity index is 1.51. The zero-order valence-electron chi connectivity index (χ0n) is 18.0. The summed E-state index contributed by atoms with van der Waals surface area (Å²) in [7, 11) is -2.32. The molecule has 1 aromatic carbocycles. The third kappa shape index (κ3) is 3.49. The second-order valence-electron chi connectivity index (χ2n) is 8.07. The van der Waals surface area contributed by atoms with Crippen molar-refractivity contribution in [3.63, 3.8) is 0 Å². The van der Waals surface area contributed by atoms with Gasteiger partial charge >= 0.3 is 8.25 Å². The highest BCUT2D eigenvalue weighted by atomic mass is 32.2. The first-order chi connectivity index (χ1) is 16.5. The van der Waals surface area contributed by atoms with Crippen LogP contribution in [-0.2, 0) is 18.3 Å². The molecule has 2 aliphatic heterocycles. The number of aromatic nitrogens is 5. The number of aliphatic hydroxyl groups excluding tert-OH is 1. The van der Waals surface area contributed by atoms with E-state index in [9.17, 15) is 14.5 Å². The van der Waals surface area contributed by atoms with Gasteiger partial charge in [-0.3, -0.25) is 9.36 Å². The summed E-state index contributed by atoms with van der Waals surface area (Å²) in [6.07, 6.45) is -0.900. The topological polar surface area (TPSA) is 133 Å². The summed E-state index contributed by atoms with van der Waals surface area (Å²) in [6, 6.07) is 9.62. The van der Waals surface area contributed by atoms with Gasteiger partial charge in [-0.15, -0.1) is 9.05 Å². The lowest BCUT2D eigenvalue weighted by atomic mass is 10.1. The van der Waals surface area contributed by atoms with E-state index in [-0.39, 0.29) is 23.3 Å². The molecule has 13 heteroatoms. The van der Waals surface area contributed by atoms with E-state index in [2.05, 4.69) is 9.97 Å². The third-order valence-corrected chi connectivity index (χ3v) is 7.79. The maximum atomic E-state index is 13.4. The maximum absolute atomic E-state index is 13.4. The summed E-state index contributed by atoms with van der Waals surface area (Å²) in [4.78, 5) is 25.9. The molecule has 2 aliphatic rings. The SMILES string of the molecule is CCCSc1nc2c(=O)n3cc(-c4ccccc4)[nH]c3nc2n1[C@@H]1OC2CO[P+](=O)O[C@H]2[C@@H]1O. The van der Waals surface area contributed by atoms with E-state index >= 15 is 0 Å². The van der Waals surface area contributed by atoms with Crippen LogP contribution in [0.2, 0.25) is 0 Å². The lowest BCUT2D eigenvalue weighted by Gasteiger charge is -2.18. The fourth-order valence-corrected chi connectivity index (χ4v) is 5.92. The van der Waals surface area contributed by atoms with E-state index in [0.717, 1.165) is 23.4 Å². The van der Waals surface area contributed by atoms with Gasteiger partial charge < -0.3 is 14.8 Å². The molecule has 0 radical (unpaired) electrons. The molecular weight excluding hydrogens is 481 g/mol. The predicted octanol–water partition coefficient (Wildman–Crippen LogP) is 2.87. The Morgan fingerprint density at radius 3 is 2.91 bits per heavy atom. The second-order valence-corrected chi connectivity index (χ2v) is 10.1. The number of nitrogens with zero attached hydrogens (tertiary/aromatic N) is 4. The van der Waals surface area contributed by atoms with Crippen molar-refractivity contribution < 1.29 is 23.5 Å². The summed E-state index contributed by atoms with van der Waals surface area (Å²) in [5, 5.41) is 11.5. The number of ether oxygens (including phenoxy) is 1. The van der Waals surface area contributed by atoms with Gasteiger partial charge in [-0.1, -0.05) is 49.0 Å². The van der Waals surface area contributed by atoms with Crippen molar-refractivity contribution in [1.29, 1.82) is 0 Å². The maximum Gasteiger partial charge on any atom is 0.697 e. The Morgan fingerprint density at radius 2 is 2.12 bits per heavy atom. The van der Waals surface area contributed by atoms with Crippen molar-refractivity contribution in [2.45, 2.75) is 43.0 Å². The lowest BCUT2D eigenvalue weighted by Crippen LogP contribution is -2.37. The Hall–Kier alpha value is -2.60. The van der Waals surface area contributed by atoms with Gasteiger partial charge in [0.2, 0.25) is 5.78 Å². The summed E-state index contributed by atoms with van der Waals surface area (Å²) in [6.45, 7) is 2.08. The second kappa shape index (κ2) is 8.56. The molecule has 2 N–H and O–H groups in total. The van der Waals surface area contributed by atoms with Crippen LogP contribution >= 0.6 is 20.0 Å². The summed E-state index contributed by atoms with van der Waals surface area (Å²) in [5.74, 6) is 1.10. The molecule has 0 bridgehead atoms. The molecule has 176 valence electrons. The molecule has 2 unspecified atom stereocenters. The Bertz CT molecular complexity index is 1450. The van der Waals surface area contributed by atoms with Crippen LogP contribution in [0.1, 0.15) is 19.6 Å². The highest BCUT2D eigenvalue weighted by Crippen LogP contribution is 2.44. The summed E-state index contributed by atoms with van der Waals surface area (Å²) in [5.41, 5.74) is 1.78. The highest BCUT2D eigenvalue weighted by Gasteiger charge is 2.55. The molecule has 5 heterocycles. The van der Waals surface area contributed by atoms with E-state index in [1.54, 1.807) is 10.8 Å². The number of aliphatic hydroxyl groups is 1. The van der Waals surface area contributed by atoms with E-state index in [4.69, 9.17) is 18.8 Å². The zero-order chi connectivity index (χ0) is 23.4. The van der Waals surface area contributed by atoms with Crippen molar-refractivity contribution in [3.8, 4) is 11.3 Å². The number of rotatable bonds is 5. The van der Waals surface area contributed by atoms with Crippen LogP contribution in [-0.4, -0.2) is 59.7 Å². The Kier molecular flexibility index (Phi) is 5.51. The average Bonchev–Trinajstić information content (AvgIpc) is 3.53. The normalized spacial score (nSPS) is 25.9. The number of imidazole rings is 2. The van der Waals surface area contributed by atoms with Gasteiger partial charge in [-0.25, -0.2) is 9.38 Å². The standard InChI is InChI=1S/C21H20N5O6PS/c1-2-8-34-21-23-14-17(26(21)19-15(27)16-13(31-19)10-30-33(29)32-16)24-20-22-12(9-25(20)18(14)28)11-6-4-3-5-7-11/h3-7,9,13,15-16,19,27H,2,8,10H2,1H3/p+1/t13?,15-,16+,19+/m0/s1. The number of fused-ring (bicyclic) bond motifs is 3. The molecule has 3 aromatic heterocycles. The summed E-state index contributed by atoms with van der Waals surface area (Å²) < 4.78 is 31.2. The van der Waals surface area contributed by atoms with Crippen LogP contribution in [0, 0.1) is 0 Å². The Labute approximate surface area is 198 Å². The predicted molar refractivity (Wildman–Crippen MR) is 124 cm³/mol. The van der Waals surface area contributed by atoms with Crippen molar-refractivity contribution in [3.05, 3.63) is 46.9 Å². The first-order valence-electron chi connectivity index (χ1n) is 10.9. The van der Waals surface area contributed by atoms with Crippen molar-refractivity contribution in [2.75, 3.05) is 12.4 Å². The van der Waals surface area contributed by atoms with Crippen LogP contribution < -0.4 is 5.56 Å². The Morgan fingerprint density at radius 1 is 1.29 bits per heavy atom. The average molecular weight is 502 g/mol. The number of hydrogen-bond acceptors (Lipinski definition) is 9. The summed E-state index contributed by atoms with van der Waals surface area (Å²) >= 11 is 1.45. The molecule has 34 heavy (non-hydrogen) atoms. The first kappa shape index (κ1) is 21.9. The molecule has 4 aromatic rings. The van der Waals surface area contributed by atoms with Crippen LogP contribution in [0.15, 0.2) is 46.5 Å². The van der Waals surface area contributed by atoms with Crippen LogP contribution in [0.25, 0.3) is 28.2 Å². The lowest BCUT2D eigenvalue weighted by molar-refractivity contribution is -0.0583. The number of thioether (sulfide) groups is 1. The van der Waals surface area contributed by atoms with Gasteiger partial charge in [-0.05, 0) is 12.0 Å². The molecule has 0 aliphatic carbocycles. The van der Waals surface area contributed by atoms with Gasteiger partial charge in [-0.2, -0.15) is 4.98 Å². The van der Waals surface area contributed by atoms with E-state index in [1.807, 2.05) is 37.3 Å². The van der Waals surface area contributed by atoms with E-state index in [1.165, 1.54) is 16.2 Å². The van der Waals surface area contributed by atoms with Crippen molar-refractivity contribution in [1.82, 2.24) is 23.9 Å². The van der Waals surface area contributed by atoms with Gasteiger partial charge in [0.1, 0.15) is 18.8 Å².